The SMILES string of the molecule is CC(=O)N[C@@H](CCCN=C(N)N)C(=O)N[C@H]1CC(=O)NCCCCCNC(=O)[C@H](Cc2c[nH]c3ccccc23)NC(=O)[C@H](CCCN=C(N)N)NC(=O)[C@@H](Cc2ccccc2)NC(=O)[C@H](Cc2cnc[nH]2)NC1=O. The van der Waals surface area contributed by atoms with Crippen LogP contribution in [-0.2, 0) is 57.6 Å². The minimum absolute atomic E-state index is 0.0131. The molecule has 74 heavy (non-hydrogen) atoms. The number of nitrogens with zero attached hydrogens (tertiary/aromatic N) is 3. The second-order valence-corrected chi connectivity index (χ2v) is 17.9. The number of fused-ring (bicyclic) bond motifs is 1. The van der Waals surface area contributed by atoms with Crippen molar-refractivity contribution in [2.75, 3.05) is 26.2 Å². The highest BCUT2D eigenvalue weighted by atomic mass is 16.2. The van der Waals surface area contributed by atoms with E-state index < -0.39 is 89.9 Å². The molecular weight excluding hydrogens is 955 g/mol. The van der Waals surface area contributed by atoms with Crippen molar-refractivity contribution in [1.29, 1.82) is 0 Å². The molecule has 18 N–H and O–H groups in total. The Kier molecular flexibility index (Phi) is 22.2. The van der Waals surface area contributed by atoms with Crippen LogP contribution in [0.2, 0.25) is 0 Å². The highest BCUT2D eigenvalue weighted by molar-refractivity contribution is 5.98. The van der Waals surface area contributed by atoms with E-state index in [9.17, 15) is 38.4 Å². The molecule has 8 amide bonds. The fraction of sp³-hybridized carbons (Fsp3) is 0.449. The minimum atomic E-state index is -1.58. The van der Waals surface area contributed by atoms with E-state index in [2.05, 4.69) is 67.5 Å². The molecule has 0 aliphatic carbocycles. The lowest BCUT2D eigenvalue weighted by atomic mass is 10.0. The molecule has 2 aromatic carbocycles. The molecule has 5 rings (SSSR count). The van der Waals surface area contributed by atoms with Gasteiger partial charge >= 0.3 is 0 Å². The van der Waals surface area contributed by atoms with Gasteiger partial charge in [0.25, 0.3) is 0 Å². The molecule has 0 saturated carbocycles. The van der Waals surface area contributed by atoms with E-state index in [0.717, 1.165) is 16.5 Å². The molecule has 25 nitrogen and oxygen atoms in total. The average Bonchev–Trinajstić information content (AvgIpc) is 4.04. The summed E-state index contributed by atoms with van der Waals surface area (Å²) in [6.45, 7) is 1.86. The normalized spacial score (nSPS) is 20.3. The number of hydrogen-bond donors (Lipinski definition) is 14. The summed E-state index contributed by atoms with van der Waals surface area (Å²) in [5, 5.41) is 22.8. The van der Waals surface area contributed by atoms with Crippen LogP contribution in [0.15, 0.2) is 83.3 Å². The van der Waals surface area contributed by atoms with Gasteiger partial charge in [0.2, 0.25) is 47.3 Å². The van der Waals surface area contributed by atoms with Crippen molar-refractivity contribution >= 4 is 70.1 Å². The van der Waals surface area contributed by atoms with Gasteiger partial charge in [-0.05, 0) is 62.1 Å². The topological polar surface area (TPSA) is 406 Å². The van der Waals surface area contributed by atoms with Gasteiger partial charge in [-0.25, -0.2) is 4.98 Å². The monoisotopic (exact) mass is 1020 g/mol. The number of carbonyl (C=O) groups excluding carboxylic acids is 8. The molecule has 0 radical (unpaired) electrons. The van der Waals surface area contributed by atoms with E-state index in [-0.39, 0.29) is 83.0 Å². The summed E-state index contributed by atoms with van der Waals surface area (Å²) in [5.74, 6) is -6.01. The smallest absolute Gasteiger partial charge is 0.243 e. The van der Waals surface area contributed by atoms with E-state index >= 15 is 0 Å². The number of benzene rings is 2. The predicted molar refractivity (Wildman–Crippen MR) is 276 cm³/mol. The standard InChI is InChI=1S/C49H69N17O8/c1-29(67)61-35(16-10-20-57-48(50)51)43(70)66-40-25-41(68)55-18-8-3-9-19-56-42(69)38(23-31-26-59-34-15-7-6-14-33(31)34)64-44(71)36(17-11-21-58-49(52)53)62-45(72)37(22-30-12-4-2-5-13-30)63-46(73)39(65-47(40)74)24-32-27-54-28-60-32/h2,4-7,12-15,26-28,35-40,59H,3,8-11,16-25H2,1H3,(H,54,60)(H,55,68)(H,56,69)(H,61,67)(H,62,72)(H,63,73)(H,64,71)(H,65,74)(H,66,70)(H4,50,51,57)(H4,52,53,58)/t35-,36-,37+,38-,39-,40-/m0/s1. The Bertz CT molecular complexity index is 2580. The Morgan fingerprint density at radius 2 is 1.30 bits per heavy atom. The number of rotatable bonds is 17. The zero-order valence-corrected chi connectivity index (χ0v) is 41.4. The summed E-state index contributed by atoms with van der Waals surface area (Å²) in [4.78, 5) is 130. The number of H-pyrrole nitrogens is 2. The van der Waals surface area contributed by atoms with E-state index in [1.807, 2.05) is 24.3 Å². The molecule has 25 heteroatoms. The first kappa shape index (κ1) is 56.4. The molecule has 1 aliphatic heterocycles. The first-order valence-electron chi connectivity index (χ1n) is 24.6. The minimum Gasteiger partial charge on any atom is -0.370 e. The van der Waals surface area contributed by atoms with Crippen LogP contribution >= 0.6 is 0 Å². The van der Waals surface area contributed by atoms with Gasteiger partial charge in [-0.1, -0.05) is 48.5 Å². The zero-order chi connectivity index (χ0) is 53.4. The van der Waals surface area contributed by atoms with Crippen LogP contribution in [0, 0.1) is 0 Å². The predicted octanol–water partition coefficient (Wildman–Crippen LogP) is -2.24. The maximum absolute atomic E-state index is 14.7. The highest BCUT2D eigenvalue weighted by Crippen LogP contribution is 2.20. The summed E-state index contributed by atoms with van der Waals surface area (Å²) in [6, 6.07) is 8.35. The molecule has 3 heterocycles. The summed E-state index contributed by atoms with van der Waals surface area (Å²) in [7, 11) is 0. The Morgan fingerprint density at radius 1 is 0.689 bits per heavy atom. The number of amides is 8. The molecule has 0 spiro atoms. The lowest BCUT2D eigenvalue weighted by Gasteiger charge is -2.27. The van der Waals surface area contributed by atoms with Crippen molar-refractivity contribution in [2.45, 2.75) is 114 Å². The third-order valence-corrected chi connectivity index (χ3v) is 12.0. The van der Waals surface area contributed by atoms with E-state index in [0.29, 0.717) is 30.5 Å². The summed E-state index contributed by atoms with van der Waals surface area (Å²) in [5.41, 5.74) is 24.7. The molecular formula is C49H69N17O8. The molecule has 6 atom stereocenters. The van der Waals surface area contributed by atoms with Crippen LogP contribution in [-0.4, -0.2) is 137 Å². The lowest BCUT2D eigenvalue weighted by Crippen LogP contribution is -2.60. The van der Waals surface area contributed by atoms with Gasteiger partial charge in [-0.15, -0.1) is 0 Å². The number of aromatic nitrogens is 3. The fourth-order valence-electron chi connectivity index (χ4n) is 8.22. The molecule has 1 fully saturated rings. The van der Waals surface area contributed by atoms with Crippen LogP contribution < -0.4 is 65.5 Å². The second-order valence-electron chi connectivity index (χ2n) is 17.9. The van der Waals surface area contributed by atoms with Crippen molar-refractivity contribution in [3.63, 3.8) is 0 Å². The van der Waals surface area contributed by atoms with Gasteiger partial charge in [0.1, 0.15) is 36.3 Å². The third-order valence-electron chi connectivity index (χ3n) is 12.0. The molecule has 0 bridgehead atoms. The Morgan fingerprint density at radius 3 is 1.97 bits per heavy atom. The summed E-state index contributed by atoms with van der Waals surface area (Å²) in [6.07, 6.45) is 5.89. The molecule has 2 aromatic heterocycles. The van der Waals surface area contributed by atoms with Gasteiger partial charge in [-0.3, -0.25) is 48.3 Å². The van der Waals surface area contributed by atoms with Crippen LogP contribution in [0.5, 0.6) is 0 Å². The number of guanidine groups is 2. The number of aromatic amines is 2. The lowest BCUT2D eigenvalue weighted by molar-refractivity contribution is -0.136. The molecule has 0 unspecified atom stereocenters. The maximum Gasteiger partial charge on any atom is 0.243 e. The van der Waals surface area contributed by atoms with Crippen molar-refractivity contribution < 1.29 is 38.4 Å². The van der Waals surface area contributed by atoms with E-state index in [4.69, 9.17) is 22.9 Å². The second kappa shape index (κ2) is 29.1. The van der Waals surface area contributed by atoms with E-state index in [1.54, 1.807) is 36.5 Å². The number of nitrogens with two attached hydrogens (primary N) is 4. The van der Waals surface area contributed by atoms with Crippen LogP contribution in [0.25, 0.3) is 10.9 Å². The van der Waals surface area contributed by atoms with Crippen molar-refractivity contribution in [2.24, 2.45) is 32.9 Å². The van der Waals surface area contributed by atoms with Crippen molar-refractivity contribution in [3.8, 4) is 0 Å². The molecule has 4 aromatic rings. The fourth-order valence-corrected chi connectivity index (χ4v) is 8.22. The van der Waals surface area contributed by atoms with Crippen LogP contribution in [0.3, 0.4) is 0 Å². The largest absolute Gasteiger partial charge is 0.370 e. The Hall–Kier alpha value is -8.51. The number of imidazole rings is 1. The Labute approximate surface area is 427 Å². The van der Waals surface area contributed by atoms with Crippen molar-refractivity contribution in [3.05, 3.63) is 90.1 Å². The quantitative estimate of drug-likeness (QED) is 0.0303. The van der Waals surface area contributed by atoms with Crippen LogP contribution in [0.4, 0.5) is 0 Å². The molecule has 1 saturated heterocycles. The van der Waals surface area contributed by atoms with Gasteiger partial charge in [0.05, 0.1) is 12.7 Å². The summed E-state index contributed by atoms with van der Waals surface area (Å²) >= 11 is 0. The van der Waals surface area contributed by atoms with E-state index in [1.165, 1.54) is 19.4 Å². The first-order valence-corrected chi connectivity index (χ1v) is 24.6. The van der Waals surface area contributed by atoms with Gasteiger partial charge < -0.3 is 75.4 Å². The number of aliphatic imine (C=N–C) groups is 2. The Balaban J connectivity index is 1.50. The zero-order valence-electron chi connectivity index (χ0n) is 41.4. The van der Waals surface area contributed by atoms with Gasteiger partial charge in [0.15, 0.2) is 11.9 Å². The number of nitrogens with one attached hydrogen (secondary N) is 10. The number of para-hydroxylation sites is 1. The van der Waals surface area contributed by atoms with Crippen LogP contribution in [0.1, 0.15) is 75.1 Å². The third kappa shape index (κ3) is 18.9. The van der Waals surface area contributed by atoms with Crippen molar-refractivity contribution in [1.82, 2.24) is 57.5 Å². The van der Waals surface area contributed by atoms with Gasteiger partial charge in [0, 0.05) is 81.4 Å². The average molecular weight is 1020 g/mol. The first-order chi connectivity index (χ1) is 35.6. The molecule has 1 aliphatic rings. The molecule has 398 valence electrons. The van der Waals surface area contributed by atoms with Gasteiger partial charge in [-0.2, -0.15) is 0 Å². The highest BCUT2D eigenvalue weighted by Gasteiger charge is 2.35. The summed E-state index contributed by atoms with van der Waals surface area (Å²) < 4.78 is 0. The number of hydrogen-bond acceptors (Lipinski definition) is 11. The maximum atomic E-state index is 14.7. The number of carbonyl (C=O) groups is 8.